The van der Waals surface area contributed by atoms with E-state index in [1.807, 2.05) is 0 Å². The lowest BCUT2D eigenvalue weighted by molar-refractivity contribution is -0.119. The highest BCUT2D eigenvalue weighted by Crippen LogP contribution is 2.11. The predicted molar refractivity (Wildman–Crippen MR) is 53.9 cm³/mol. The number of hydrogen-bond acceptors (Lipinski definition) is 3. The van der Waals surface area contributed by atoms with Crippen LogP contribution in [0.2, 0.25) is 0 Å². The number of rotatable bonds is 3. The van der Waals surface area contributed by atoms with Crippen LogP contribution in [-0.2, 0) is 11.2 Å². The van der Waals surface area contributed by atoms with Crippen molar-refractivity contribution >= 4 is 5.91 Å². The molecular formula is C9H10N4O2. The molecule has 1 atom stereocenters. The zero-order valence-electron chi connectivity index (χ0n) is 7.87. The monoisotopic (exact) mass is 206 g/mol. The molecule has 0 aliphatic rings. The van der Waals surface area contributed by atoms with E-state index in [1.165, 1.54) is 12.1 Å². The molecule has 6 nitrogen and oxygen atoms in total. The number of hydrogen-bond donors (Lipinski definition) is 2. The topological polar surface area (TPSA) is 112 Å². The highest BCUT2D eigenvalue weighted by molar-refractivity contribution is 5.82. The van der Waals surface area contributed by atoms with Crippen molar-refractivity contribution in [3.63, 3.8) is 0 Å². The Bertz CT molecular complexity index is 395. The summed E-state index contributed by atoms with van der Waals surface area (Å²) in [5.41, 5.74) is 14.3. The Hall–Kier alpha value is -2.04. The van der Waals surface area contributed by atoms with Crippen LogP contribution >= 0.6 is 0 Å². The summed E-state index contributed by atoms with van der Waals surface area (Å²) in [7, 11) is 0. The van der Waals surface area contributed by atoms with E-state index in [1.54, 1.807) is 12.1 Å². The van der Waals surface area contributed by atoms with E-state index in [0.29, 0.717) is 0 Å². The minimum Gasteiger partial charge on any atom is -0.508 e. The van der Waals surface area contributed by atoms with E-state index in [9.17, 15) is 4.79 Å². The van der Waals surface area contributed by atoms with Crippen molar-refractivity contribution in [1.82, 2.24) is 0 Å². The first-order valence-electron chi connectivity index (χ1n) is 4.26. The lowest BCUT2D eigenvalue weighted by Gasteiger charge is -2.06. The minimum atomic E-state index is -0.842. The molecule has 0 aliphatic carbocycles. The van der Waals surface area contributed by atoms with Crippen LogP contribution in [0.25, 0.3) is 10.4 Å². The highest BCUT2D eigenvalue weighted by Gasteiger charge is 2.11. The second kappa shape index (κ2) is 4.99. The molecule has 78 valence electrons. The van der Waals surface area contributed by atoms with Gasteiger partial charge in [0.15, 0.2) is 0 Å². The van der Waals surface area contributed by atoms with Crippen molar-refractivity contribution in [3.8, 4) is 5.75 Å². The zero-order chi connectivity index (χ0) is 11.3. The number of carbonyl (C=O) groups excluding carboxylic acids is 1. The third-order valence-electron chi connectivity index (χ3n) is 1.85. The highest BCUT2D eigenvalue weighted by atomic mass is 16.3. The van der Waals surface area contributed by atoms with Crippen LogP contribution < -0.4 is 5.73 Å². The molecule has 0 saturated carbocycles. The Kier molecular flexibility index (Phi) is 3.68. The third-order valence-corrected chi connectivity index (χ3v) is 1.85. The number of benzene rings is 1. The number of carbonyl (C=O) groups is 1. The summed E-state index contributed by atoms with van der Waals surface area (Å²) >= 11 is 0. The normalized spacial score (nSPS) is 11.5. The van der Waals surface area contributed by atoms with Gasteiger partial charge in [-0.25, -0.2) is 0 Å². The summed E-state index contributed by atoms with van der Waals surface area (Å²) in [4.78, 5) is 13.4. The van der Waals surface area contributed by atoms with Gasteiger partial charge in [0, 0.05) is 4.91 Å². The molecule has 0 saturated heterocycles. The fraction of sp³-hybridized carbons (Fsp3) is 0.222. The molecule has 0 heterocycles. The van der Waals surface area contributed by atoms with Gasteiger partial charge in [-0.15, -0.1) is 0 Å². The fourth-order valence-corrected chi connectivity index (χ4v) is 1.09. The van der Waals surface area contributed by atoms with E-state index in [0.717, 1.165) is 5.56 Å². The standard InChI is InChI=1S/C9H10N4O2/c10-8(9(15)12-13-11)5-6-1-3-7(14)4-2-6/h1-4,8,14H,5,10H2/t8-/m0/s1. The number of nitrogens with two attached hydrogens (primary N) is 1. The molecule has 1 aromatic carbocycles. The number of aromatic hydroxyl groups is 1. The van der Waals surface area contributed by atoms with E-state index >= 15 is 0 Å². The van der Waals surface area contributed by atoms with Gasteiger partial charge < -0.3 is 10.8 Å². The molecule has 0 fully saturated rings. The van der Waals surface area contributed by atoms with Crippen LogP contribution in [0.5, 0.6) is 5.75 Å². The molecule has 6 heteroatoms. The molecule has 1 rings (SSSR count). The summed E-state index contributed by atoms with van der Waals surface area (Å²) in [5.74, 6) is -0.542. The largest absolute Gasteiger partial charge is 0.508 e. The molecule has 0 unspecified atom stereocenters. The Morgan fingerprint density at radius 1 is 1.53 bits per heavy atom. The average molecular weight is 206 g/mol. The average Bonchev–Trinajstić information content (AvgIpc) is 2.22. The van der Waals surface area contributed by atoms with Crippen LogP contribution in [0, 0.1) is 0 Å². The van der Waals surface area contributed by atoms with Crippen LogP contribution in [0.3, 0.4) is 0 Å². The summed E-state index contributed by atoms with van der Waals surface area (Å²) in [5, 5.41) is 11.9. The number of azide groups is 1. The van der Waals surface area contributed by atoms with Gasteiger partial charge in [0.05, 0.1) is 6.04 Å². The number of nitrogens with zero attached hydrogens (tertiary/aromatic N) is 3. The Morgan fingerprint density at radius 3 is 2.67 bits per heavy atom. The number of phenolic OH excluding ortho intramolecular Hbond substituents is 1. The van der Waals surface area contributed by atoms with Gasteiger partial charge in [-0.2, -0.15) is 0 Å². The van der Waals surface area contributed by atoms with Crippen molar-refractivity contribution < 1.29 is 9.90 Å². The molecule has 1 amide bonds. The maximum absolute atomic E-state index is 11.0. The predicted octanol–water partition coefficient (Wildman–Crippen LogP) is 1.10. The maximum Gasteiger partial charge on any atom is 0.235 e. The first-order chi connectivity index (χ1) is 7.13. The summed E-state index contributed by atoms with van der Waals surface area (Å²) < 4.78 is 0. The van der Waals surface area contributed by atoms with Crippen LogP contribution in [0.4, 0.5) is 0 Å². The van der Waals surface area contributed by atoms with Gasteiger partial charge in [-0.3, -0.25) is 4.79 Å². The van der Waals surface area contributed by atoms with E-state index in [2.05, 4.69) is 10.0 Å². The van der Waals surface area contributed by atoms with E-state index in [-0.39, 0.29) is 12.2 Å². The van der Waals surface area contributed by atoms with Gasteiger partial charge in [-0.05, 0) is 34.8 Å². The molecule has 0 bridgehead atoms. The number of amides is 1. The van der Waals surface area contributed by atoms with Crippen molar-refractivity contribution in [2.75, 3.05) is 0 Å². The molecule has 3 N–H and O–H groups in total. The summed E-state index contributed by atoms with van der Waals surface area (Å²) in [6, 6.07) is 5.46. The van der Waals surface area contributed by atoms with Crippen molar-refractivity contribution in [3.05, 3.63) is 40.3 Å². The lowest BCUT2D eigenvalue weighted by Crippen LogP contribution is -2.31. The summed E-state index contributed by atoms with van der Waals surface area (Å²) in [6.45, 7) is 0. The molecule has 1 aromatic rings. The minimum absolute atomic E-state index is 0.147. The van der Waals surface area contributed by atoms with E-state index in [4.69, 9.17) is 16.4 Å². The van der Waals surface area contributed by atoms with Crippen molar-refractivity contribution in [1.29, 1.82) is 0 Å². The lowest BCUT2D eigenvalue weighted by atomic mass is 10.1. The van der Waals surface area contributed by atoms with E-state index < -0.39 is 11.9 Å². The van der Waals surface area contributed by atoms with Gasteiger partial charge in [0.2, 0.25) is 5.91 Å². The molecule has 15 heavy (non-hydrogen) atoms. The third kappa shape index (κ3) is 3.30. The second-order valence-electron chi connectivity index (χ2n) is 3.00. The summed E-state index contributed by atoms with van der Waals surface area (Å²) in [6.07, 6.45) is 0.276. The molecule has 0 spiro atoms. The number of phenols is 1. The second-order valence-corrected chi connectivity index (χ2v) is 3.00. The smallest absolute Gasteiger partial charge is 0.235 e. The van der Waals surface area contributed by atoms with Crippen molar-refractivity contribution in [2.24, 2.45) is 10.8 Å². The Labute approximate surface area is 86.0 Å². The van der Waals surface area contributed by atoms with Crippen LogP contribution in [0.15, 0.2) is 29.4 Å². The van der Waals surface area contributed by atoms with Gasteiger partial charge >= 0.3 is 0 Å². The molecular weight excluding hydrogens is 196 g/mol. The molecule has 0 aliphatic heterocycles. The van der Waals surface area contributed by atoms with Gasteiger partial charge in [0.1, 0.15) is 5.75 Å². The zero-order valence-corrected chi connectivity index (χ0v) is 7.87. The first-order valence-corrected chi connectivity index (χ1v) is 4.26. The Balaban J connectivity index is 2.65. The van der Waals surface area contributed by atoms with Crippen LogP contribution in [-0.4, -0.2) is 17.1 Å². The molecule has 0 aromatic heterocycles. The quantitative estimate of drug-likeness (QED) is 0.438. The van der Waals surface area contributed by atoms with Crippen molar-refractivity contribution in [2.45, 2.75) is 12.5 Å². The van der Waals surface area contributed by atoms with Gasteiger partial charge in [-0.1, -0.05) is 12.1 Å². The first kappa shape index (κ1) is 11.0. The van der Waals surface area contributed by atoms with Crippen LogP contribution in [0.1, 0.15) is 5.56 Å². The maximum atomic E-state index is 11.0. The fourth-order valence-electron chi connectivity index (χ4n) is 1.09. The SMILES string of the molecule is [N-]=[N+]=NC(=O)[C@@H](N)Cc1ccc(O)cc1. The Morgan fingerprint density at radius 2 is 2.13 bits per heavy atom. The van der Waals surface area contributed by atoms with Gasteiger partial charge in [0.25, 0.3) is 0 Å². The molecule has 0 radical (unpaired) electrons.